The molecule has 224 valence electrons. The number of halogens is 4. The first-order chi connectivity index (χ1) is 19.9. The van der Waals surface area contributed by atoms with Crippen LogP contribution in [-0.4, -0.2) is 77.3 Å². The van der Waals surface area contributed by atoms with Crippen molar-refractivity contribution in [3.05, 3.63) is 39.8 Å². The van der Waals surface area contributed by atoms with Crippen molar-refractivity contribution in [2.24, 2.45) is 18.9 Å². The number of aromatic nitrogens is 3. The van der Waals surface area contributed by atoms with Crippen LogP contribution in [0.3, 0.4) is 0 Å². The van der Waals surface area contributed by atoms with Crippen molar-refractivity contribution in [3.8, 4) is 5.75 Å². The molecule has 2 N–H and O–H groups in total. The minimum absolute atomic E-state index is 0.0346. The van der Waals surface area contributed by atoms with E-state index in [1.165, 1.54) is 15.7 Å². The second-order valence-electron chi connectivity index (χ2n) is 11.5. The van der Waals surface area contributed by atoms with Gasteiger partial charge in [0.2, 0.25) is 17.6 Å². The van der Waals surface area contributed by atoms with Crippen LogP contribution in [0.15, 0.2) is 29.2 Å². The van der Waals surface area contributed by atoms with Crippen molar-refractivity contribution in [2.45, 2.75) is 37.4 Å². The number of ether oxygens (including phenoxy) is 1. The van der Waals surface area contributed by atoms with Crippen LogP contribution in [0.25, 0.3) is 10.9 Å². The van der Waals surface area contributed by atoms with Gasteiger partial charge in [-0.3, -0.25) is 9.59 Å². The zero-order valence-corrected chi connectivity index (χ0v) is 24.1. The van der Waals surface area contributed by atoms with E-state index < -0.39 is 36.2 Å². The van der Waals surface area contributed by atoms with Gasteiger partial charge in [-0.05, 0) is 43.4 Å². The van der Waals surface area contributed by atoms with E-state index in [0.29, 0.717) is 29.4 Å². The van der Waals surface area contributed by atoms with Crippen LogP contribution >= 0.6 is 11.6 Å². The van der Waals surface area contributed by atoms with Crippen LogP contribution in [0, 0.1) is 11.8 Å². The zero-order chi connectivity index (χ0) is 29.9. The van der Waals surface area contributed by atoms with Gasteiger partial charge in [0, 0.05) is 38.8 Å². The Kier molecular flexibility index (Phi) is 7.11. The summed E-state index contributed by atoms with van der Waals surface area (Å²) in [7, 11) is 4.82. The SMILES string of the molecule is CN(C)C(=O)C1CC(F)CN(c2ncc(Cl)c(Nc3ccc4c(c3)c3c(c(=O)n4C)OCC(F)(F)C(C4CC4)N3)n2)C1. The summed E-state index contributed by atoms with van der Waals surface area (Å²) in [4.78, 5) is 37.5. The third-order valence-corrected chi connectivity index (χ3v) is 8.35. The molecule has 3 unspecified atom stereocenters. The molecule has 1 saturated carbocycles. The summed E-state index contributed by atoms with van der Waals surface area (Å²) in [6.45, 7) is -0.594. The van der Waals surface area contributed by atoms with Gasteiger partial charge >= 0.3 is 5.92 Å². The Hall–Kier alpha value is -3.74. The Bertz CT molecular complexity index is 1610. The number of pyridine rings is 1. The standard InChI is InChI=1S/C28H31ClF3N7O3/c1-37(2)25(40)15-8-16(30)12-39(11-15)27-33-10-19(29)24(36-27)34-17-6-7-20-18(9-17)21-22(26(41)38(20)3)42-13-28(31,32)23(35-21)14-4-5-14/h6-7,9-10,14-16,23,35H,4-5,8,11-13H2,1-3H3,(H,33,34,36). The number of benzene rings is 1. The van der Waals surface area contributed by atoms with Gasteiger partial charge in [-0.15, -0.1) is 0 Å². The minimum Gasteiger partial charge on any atom is -0.480 e. The summed E-state index contributed by atoms with van der Waals surface area (Å²) in [6.07, 6.45) is 1.65. The lowest BCUT2D eigenvalue weighted by Gasteiger charge is -2.35. The molecule has 3 aromatic rings. The van der Waals surface area contributed by atoms with Crippen molar-refractivity contribution in [1.82, 2.24) is 19.4 Å². The summed E-state index contributed by atoms with van der Waals surface area (Å²) >= 11 is 6.43. The fourth-order valence-electron chi connectivity index (χ4n) is 5.77. The molecule has 3 aliphatic rings. The second kappa shape index (κ2) is 10.5. The predicted molar refractivity (Wildman–Crippen MR) is 154 cm³/mol. The Labute approximate surface area is 244 Å². The summed E-state index contributed by atoms with van der Waals surface area (Å²) in [5.41, 5.74) is 0.742. The molecule has 2 fully saturated rings. The molecule has 0 radical (unpaired) electrons. The summed E-state index contributed by atoms with van der Waals surface area (Å²) in [6, 6.07) is 3.96. The fraction of sp³-hybridized carbons (Fsp3) is 0.500. The van der Waals surface area contributed by atoms with Crippen LogP contribution in [0.2, 0.25) is 5.02 Å². The van der Waals surface area contributed by atoms with Crippen molar-refractivity contribution in [2.75, 3.05) is 49.3 Å². The van der Waals surface area contributed by atoms with Crippen LogP contribution < -0.4 is 25.8 Å². The van der Waals surface area contributed by atoms with E-state index in [-0.39, 0.29) is 59.6 Å². The fourth-order valence-corrected chi connectivity index (χ4v) is 5.90. The highest BCUT2D eigenvalue weighted by molar-refractivity contribution is 6.33. The number of nitrogens with one attached hydrogen (secondary N) is 2. The molecule has 0 bridgehead atoms. The number of rotatable bonds is 5. The minimum atomic E-state index is -3.15. The zero-order valence-electron chi connectivity index (χ0n) is 23.3. The quantitative estimate of drug-likeness (QED) is 0.446. The maximum absolute atomic E-state index is 15.0. The van der Waals surface area contributed by atoms with Gasteiger partial charge in [-0.1, -0.05) is 11.6 Å². The highest BCUT2D eigenvalue weighted by atomic mass is 35.5. The molecule has 42 heavy (non-hydrogen) atoms. The van der Waals surface area contributed by atoms with E-state index in [1.807, 2.05) is 0 Å². The number of carbonyl (C=O) groups excluding carboxylic acids is 1. The Morgan fingerprint density at radius 1 is 1.26 bits per heavy atom. The number of fused-ring (bicyclic) bond motifs is 3. The van der Waals surface area contributed by atoms with Gasteiger partial charge in [-0.2, -0.15) is 4.98 Å². The van der Waals surface area contributed by atoms with Crippen molar-refractivity contribution < 1.29 is 22.7 Å². The van der Waals surface area contributed by atoms with E-state index in [9.17, 15) is 22.8 Å². The first-order valence-corrected chi connectivity index (χ1v) is 14.1. The number of hydrogen-bond acceptors (Lipinski definition) is 8. The summed E-state index contributed by atoms with van der Waals surface area (Å²) in [5, 5.41) is 6.81. The first-order valence-electron chi connectivity index (χ1n) is 13.8. The van der Waals surface area contributed by atoms with Gasteiger partial charge in [0.15, 0.2) is 12.4 Å². The monoisotopic (exact) mass is 605 g/mol. The highest BCUT2D eigenvalue weighted by Crippen LogP contribution is 2.45. The van der Waals surface area contributed by atoms with E-state index in [4.69, 9.17) is 16.3 Å². The average molecular weight is 606 g/mol. The third-order valence-electron chi connectivity index (χ3n) is 8.08. The third kappa shape index (κ3) is 5.18. The van der Waals surface area contributed by atoms with E-state index >= 15 is 0 Å². The molecule has 6 rings (SSSR count). The Morgan fingerprint density at radius 3 is 2.74 bits per heavy atom. The number of alkyl halides is 3. The van der Waals surface area contributed by atoms with Crippen LogP contribution in [0.1, 0.15) is 19.3 Å². The number of piperidine rings is 1. The lowest BCUT2D eigenvalue weighted by molar-refractivity contribution is -0.133. The molecular formula is C28H31ClF3N7O3. The predicted octanol–water partition coefficient (Wildman–Crippen LogP) is 4.20. The number of hydrogen-bond donors (Lipinski definition) is 2. The molecule has 4 heterocycles. The molecule has 3 atom stereocenters. The lowest BCUT2D eigenvalue weighted by atomic mass is 9.96. The van der Waals surface area contributed by atoms with Gasteiger partial charge in [0.1, 0.15) is 11.2 Å². The normalized spacial score (nSPS) is 23.4. The maximum atomic E-state index is 15.0. The van der Waals surface area contributed by atoms with Gasteiger partial charge in [0.05, 0.1) is 35.9 Å². The molecule has 1 amide bonds. The van der Waals surface area contributed by atoms with Crippen LogP contribution in [0.5, 0.6) is 5.75 Å². The molecule has 2 aliphatic heterocycles. The van der Waals surface area contributed by atoms with E-state index in [2.05, 4.69) is 20.6 Å². The molecule has 0 spiro atoms. The van der Waals surface area contributed by atoms with Gasteiger partial charge in [-0.25, -0.2) is 18.2 Å². The smallest absolute Gasteiger partial charge is 0.301 e. The van der Waals surface area contributed by atoms with Crippen LogP contribution in [-0.2, 0) is 11.8 Å². The molecule has 10 nitrogen and oxygen atoms in total. The molecule has 14 heteroatoms. The molecule has 1 aromatic carbocycles. The number of anilines is 4. The Balaban J connectivity index is 1.34. The van der Waals surface area contributed by atoms with Crippen molar-refractivity contribution in [1.29, 1.82) is 0 Å². The van der Waals surface area contributed by atoms with E-state index in [0.717, 1.165) is 0 Å². The number of nitrogens with zero attached hydrogens (tertiary/aromatic N) is 5. The summed E-state index contributed by atoms with van der Waals surface area (Å²) < 4.78 is 51.3. The van der Waals surface area contributed by atoms with E-state index in [1.54, 1.807) is 44.2 Å². The van der Waals surface area contributed by atoms with Crippen LogP contribution in [0.4, 0.5) is 36.3 Å². The maximum Gasteiger partial charge on any atom is 0.301 e. The highest BCUT2D eigenvalue weighted by Gasteiger charge is 2.51. The molecular weight excluding hydrogens is 575 g/mol. The van der Waals surface area contributed by atoms with Crippen molar-refractivity contribution in [3.63, 3.8) is 0 Å². The van der Waals surface area contributed by atoms with Gasteiger partial charge in [0.25, 0.3) is 5.56 Å². The average Bonchev–Trinajstić information content (AvgIpc) is 3.79. The first kappa shape index (κ1) is 28.4. The molecule has 2 aromatic heterocycles. The number of amides is 1. The molecule has 1 aliphatic carbocycles. The summed E-state index contributed by atoms with van der Waals surface area (Å²) in [5.74, 6) is -3.77. The number of aryl methyl sites for hydroxylation is 1. The van der Waals surface area contributed by atoms with Crippen molar-refractivity contribution >= 4 is 51.6 Å². The lowest BCUT2D eigenvalue weighted by Crippen LogP contribution is -2.47. The van der Waals surface area contributed by atoms with Gasteiger partial charge < -0.3 is 29.7 Å². The number of carbonyl (C=O) groups is 1. The Morgan fingerprint density at radius 2 is 2.02 bits per heavy atom. The topological polar surface area (TPSA) is 105 Å². The molecule has 1 saturated heterocycles. The second-order valence-corrected chi connectivity index (χ2v) is 11.9. The largest absolute Gasteiger partial charge is 0.480 e.